The second-order valence-corrected chi connectivity index (χ2v) is 5.62. The number of ether oxygens (including phenoxy) is 3. The Morgan fingerprint density at radius 1 is 1.11 bits per heavy atom. The van der Waals surface area contributed by atoms with Crippen molar-refractivity contribution in [1.82, 2.24) is 10.4 Å². The number of carbonyl (C=O) groups is 1. The van der Waals surface area contributed by atoms with Crippen molar-refractivity contribution in [3.05, 3.63) is 47.7 Å². The number of fused-ring (bicyclic) bond motifs is 1. The van der Waals surface area contributed by atoms with Crippen LogP contribution in [0.5, 0.6) is 17.2 Å². The molecule has 0 aliphatic carbocycles. The zero-order chi connectivity index (χ0) is 19.4. The zero-order valence-electron chi connectivity index (χ0n) is 15.2. The van der Waals surface area contributed by atoms with E-state index < -0.39 is 5.91 Å². The van der Waals surface area contributed by atoms with Gasteiger partial charge in [0.2, 0.25) is 5.75 Å². The van der Waals surface area contributed by atoms with Crippen LogP contribution in [0.1, 0.15) is 16.1 Å². The molecular formula is C19H20N4O4. The van der Waals surface area contributed by atoms with Crippen LogP contribution in [0.15, 0.2) is 41.5 Å². The maximum Gasteiger partial charge on any atom is 0.289 e. The van der Waals surface area contributed by atoms with Gasteiger partial charge in [0.15, 0.2) is 11.5 Å². The van der Waals surface area contributed by atoms with E-state index in [1.165, 1.54) is 27.5 Å². The number of anilines is 1. The Bertz CT molecular complexity index is 985. The van der Waals surface area contributed by atoms with Crippen LogP contribution < -0.4 is 25.4 Å². The number of nitrogens with two attached hydrogens (primary N) is 1. The van der Waals surface area contributed by atoms with E-state index in [1.807, 2.05) is 24.3 Å². The fourth-order valence-electron chi connectivity index (χ4n) is 2.74. The highest BCUT2D eigenvalue weighted by atomic mass is 16.5. The molecule has 0 fully saturated rings. The number of nitrogens with one attached hydrogen (secondary N) is 2. The van der Waals surface area contributed by atoms with Gasteiger partial charge in [-0.15, -0.1) is 0 Å². The zero-order valence-corrected chi connectivity index (χ0v) is 15.2. The van der Waals surface area contributed by atoms with Crippen molar-refractivity contribution in [3.63, 3.8) is 0 Å². The first-order valence-corrected chi connectivity index (χ1v) is 8.08. The van der Waals surface area contributed by atoms with Crippen LogP contribution in [-0.4, -0.2) is 38.4 Å². The van der Waals surface area contributed by atoms with Crippen LogP contribution in [-0.2, 0) is 0 Å². The Kier molecular flexibility index (Phi) is 5.16. The molecule has 27 heavy (non-hydrogen) atoms. The summed E-state index contributed by atoms with van der Waals surface area (Å²) in [6.07, 6.45) is 1.47. The number of rotatable bonds is 6. The van der Waals surface area contributed by atoms with Gasteiger partial charge in [-0.2, -0.15) is 5.10 Å². The Balaban J connectivity index is 1.80. The van der Waals surface area contributed by atoms with E-state index in [-0.39, 0.29) is 5.69 Å². The fraction of sp³-hybridized carbons (Fsp3) is 0.158. The minimum absolute atomic E-state index is 0.262. The first-order chi connectivity index (χ1) is 13.1. The number of carbonyl (C=O) groups excluding carboxylic acids is 1. The standard InChI is InChI=1S/C19H20N4O4/c1-25-14-8-11(9-15(26-2)18(14)27-3)10-21-23-19(24)17-16(20)12-6-4-5-7-13(12)22-17/h4-10,22H,20H2,1-3H3,(H,23,24)/b21-10+. The monoisotopic (exact) mass is 368 g/mol. The lowest BCUT2D eigenvalue weighted by Crippen LogP contribution is -2.19. The van der Waals surface area contributed by atoms with E-state index in [4.69, 9.17) is 19.9 Å². The van der Waals surface area contributed by atoms with Gasteiger partial charge < -0.3 is 24.9 Å². The number of para-hydroxylation sites is 1. The number of methoxy groups -OCH3 is 3. The molecule has 140 valence electrons. The summed E-state index contributed by atoms with van der Waals surface area (Å²) in [5.41, 5.74) is 10.6. The van der Waals surface area contributed by atoms with Crippen molar-refractivity contribution in [2.75, 3.05) is 27.1 Å². The molecule has 4 N–H and O–H groups in total. The summed E-state index contributed by atoms with van der Waals surface area (Å²) in [6, 6.07) is 10.8. The molecule has 0 bridgehead atoms. The quantitative estimate of drug-likeness (QED) is 0.457. The summed E-state index contributed by atoms with van der Waals surface area (Å²) >= 11 is 0. The topological polar surface area (TPSA) is 111 Å². The molecule has 8 heteroatoms. The molecule has 0 spiro atoms. The molecule has 0 saturated heterocycles. The van der Waals surface area contributed by atoms with E-state index in [0.29, 0.717) is 28.5 Å². The lowest BCUT2D eigenvalue weighted by atomic mass is 10.2. The van der Waals surface area contributed by atoms with Crippen molar-refractivity contribution in [1.29, 1.82) is 0 Å². The average Bonchev–Trinajstić information content (AvgIpc) is 3.04. The molecule has 0 atom stereocenters. The third-order valence-corrected chi connectivity index (χ3v) is 4.04. The summed E-state index contributed by atoms with van der Waals surface area (Å²) in [7, 11) is 4.58. The first-order valence-electron chi connectivity index (χ1n) is 8.08. The van der Waals surface area contributed by atoms with Gasteiger partial charge >= 0.3 is 0 Å². The lowest BCUT2D eigenvalue weighted by Gasteiger charge is -2.12. The molecule has 0 aliphatic heterocycles. The predicted octanol–water partition coefficient (Wildman–Crippen LogP) is 2.54. The highest BCUT2D eigenvalue weighted by molar-refractivity contribution is 6.07. The highest BCUT2D eigenvalue weighted by Gasteiger charge is 2.15. The maximum atomic E-state index is 12.4. The molecule has 3 aromatic rings. The number of nitrogen functional groups attached to an aromatic ring is 1. The third-order valence-electron chi connectivity index (χ3n) is 4.04. The van der Waals surface area contributed by atoms with Crippen LogP contribution in [0.25, 0.3) is 10.9 Å². The SMILES string of the molecule is COc1cc(/C=N/NC(=O)c2[nH]c3ccccc3c2N)cc(OC)c1OC. The van der Waals surface area contributed by atoms with Gasteiger partial charge in [-0.1, -0.05) is 18.2 Å². The molecule has 0 saturated carbocycles. The van der Waals surface area contributed by atoms with E-state index in [2.05, 4.69) is 15.5 Å². The molecule has 1 amide bonds. The Hall–Kier alpha value is -3.68. The van der Waals surface area contributed by atoms with Gasteiger partial charge in [-0.25, -0.2) is 5.43 Å². The molecule has 1 heterocycles. The third kappa shape index (κ3) is 3.50. The van der Waals surface area contributed by atoms with E-state index in [1.54, 1.807) is 12.1 Å². The van der Waals surface area contributed by atoms with Gasteiger partial charge in [0.25, 0.3) is 5.91 Å². The summed E-state index contributed by atoms with van der Waals surface area (Å²) in [6.45, 7) is 0. The first kappa shape index (κ1) is 18.1. The molecular weight excluding hydrogens is 348 g/mol. The molecule has 1 aromatic heterocycles. The summed E-state index contributed by atoms with van der Waals surface area (Å²) in [5, 5.41) is 4.77. The van der Waals surface area contributed by atoms with Gasteiger partial charge in [-0.3, -0.25) is 4.79 Å². The summed E-state index contributed by atoms with van der Waals surface area (Å²) in [5.74, 6) is 1.02. The van der Waals surface area contributed by atoms with Gasteiger partial charge in [-0.05, 0) is 18.2 Å². The summed E-state index contributed by atoms with van der Waals surface area (Å²) in [4.78, 5) is 15.4. The van der Waals surface area contributed by atoms with Crippen molar-refractivity contribution < 1.29 is 19.0 Å². The van der Waals surface area contributed by atoms with Crippen LogP contribution in [0, 0.1) is 0 Å². The maximum absolute atomic E-state index is 12.4. The number of hydrazone groups is 1. The normalized spacial score (nSPS) is 10.9. The Morgan fingerprint density at radius 2 is 1.78 bits per heavy atom. The predicted molar refractivity (Wildman–Crippen MR) is 104 cm³/mol. The van der Waals surface area contributed by atoms with Crippen molar-refractivity contribution in [3.8, 4) is 17.2 Å². The number of aromatic amines is 1. The molecule has 0 unspecified atom stereocenters. The van der Waals surface area contributed by atoms with E-state index in [0.717, 1.165) is 10.9 Å². The highest BCUT2D eigenvalue weighted by Crippen LogP contribution is 2.37. The number of hydrogen-bond donors (Lipinski definition) is 3. The number of hydrogen-bond acceptors (Lipinski definition) is 6. The number of benzene rings is 2. The molecule has 2 aromatic carbocycles. The second-order valence-electron chi connectivity index (χ2n) is 5.62. The van der Waals surface area contributed by atoms with Crippen LogP contribution in [0.2, 0.25) is 0 Å². The number of H-pyrrole nitrogens is 1. The molecule has 8 nitrogen and oxygen atoms in total. The van der Waals surface area contributed by atoms with Gasteiger partial charge in [0, 0.05) is 16.5 Å². The van der Waals surface area contributed by atoms with Gasteiger partial charge in [0.1, 0.15) is 5.69 Å². The van der Waals surface area contributed by atoms with Crippen LogP contribution >= 0.6 is 0 Å². The van der Waals surface area contributed by atoms with Crippen LogP contribution in [0.3, 0.4) is 0 Å². The summed E-state index contributed by atoms with van der Waals surface area (Å²) < 4.78 is 15.9. The Morgan fingerprint density at radius 3 is 2.37 bits per heavy atom. The largest absolute Gasteiger partial charge is 0.493 e. The van der Waals surface area contributed by atoms with Gasteiger partial charge in [0.05, 0.1) is 33.2 Å². The second kappa shape index (κ2) is 7.69. The Labute approximate surface area is 155 Å². The molecule has 3 rings (SSSR count). The van der Waals surface area contributed by atoms with E-state index >= 15 is 0 Å². The van der Waals surface area contributed by atoms with Crippen molar-refractivity contribution in [2.24, 2.45) is 5.10 Å². The molecule has 0 aliphatic rings. The lowest BCUT2D eigenvalue weighted by molar-refractivity contribution is 0.0952. The molecule has 0 radical (unpaired) electrons. The number of nitrogens with zero attached hydrogens (tertiary/aromatic N) is 1. The smallest absolute Gasteiger partial charge is 0.289 e. The van der Waals surface area contributed by atoms with Crippen LogP contribution in [0.4, 0.5) is 5.69 Å². The number of amides is 1. The van der Waals surface area contributed by atoms with Crippen molar-refractivity contribution in [2.45, 2.75) is 0 Å². The fourth-order valence-corrected chi connectivity index (χ4v) is 2.74. The van der Waals surface area contributed by atoms with Crippen molar-refractivity contribution >= 4 is 28.7 Å². The minimum Gasteiger partial charge on any atom is -0.493 e. The minimum atomic E-state index is -0.438. The van der Waals surface area contributed by atoms with E-state index in [9.17, 15) is 4.79 Å². The number of aromatic nitrogens is 1. The average molecular weight is 368 g/mol.